The summed E-state index contributed by atoms with van der Waals surface area (Å²) in [5.41, 5.74) is 12.4. The Bertz CT molecular complexity index is 1140. The zero-order chi connectivity index (χ0) is 26.0. The first kappa shape index (κ1) is 36.9. The van der Waals surface area contributed by atoms with Crippen molar-refractivity contribution >= 4 is 0 Å². The SMILES string of the molecule is C=CCCCCCCc1ccc2c(c1)C(C1=CC=CC1)c1c-2ccc(CCCCCCC=C)c1C(C)C.[Cl-].[Cl-].[Zr+2]. The molecule has 4 rings (SSSR count). The Kier molecular flexibility index (Phi) is 17.6. The van der Waals surface area contributed by atoms with Crippen LogP contribution in [0.1, 0.15) is 124 Å². The van der Waals surface area contributed by atoms with Crippen molar-refractivity contribution in [1.82, 2.24) is 0 Å². The molecule has 2 aliphatic rings. The van der Waals surface area contributed by atoms with Crippen LogP contribution < -0.4 is 24.8 Å². The molecule has 0 heterocycles. The van der Waals surface area contributed by atoms with E-state index in [-0.39, 0.29) is 51.0 Å². The Morgan fingerprint density at radius 3 is 2.02 bits per heavy atom. The average Bonchev–Trinajstić information content (AvgIpc) is 3.53. The normalized spacial score (nSPS) is 14.5. The molecule has 0 spiro atoms. The molecule has 2 aromatic rings. The molecule has 0 amide bonds. The van der Waals surface area contributed by atoms with Crippen molar-refractivity contribution in [3.63, 3.8) is 0 Å². The van der Waals surface area contributed by atoms with Gasteiger partial charge in [0.15, 0.2) is 0 Å². The van der Waals surface area contributed by atoms with E-state index < -0.39 is 0 Å². The van der Waals surface area contributed by atoms with Crippen LogP contribution in [0.25, 0.3) is 11.1 Å². The molecule has 2 aliphatic carbocycles. The molecule has 0 aliphatic heterocycles. The van der Waals surface area contributed by atoms with Crippen LogP contribution in [-0.2, 0) is 39.0 Å². The van der Waals surface area contributed by atoms with Crippen LogP contribution in [0.15, 0.2) is 79.4 Å². The van der Waals surface area contributed by atoms with Gasteiger partial charge in [0.2, 0.25) is 0 Å². The van der Waals surface area contributed by atoms with Crippen LogP contribution in [0.2, 0.25) is 0 Å². The van der Waals surface area contributed by atoms with E-state index in [4.69, 9.17) is 0 Å². The summed E-state index contributed by atoms with van der Waals surface area (Å²) in [4.78, 5) is 0. The summed E-state index contributed by atoms with van der Waals surface area (Å²) in [6.07, 6.45) is 27.3. The van der Waals surface area contributed by atoms with E-state index in [1.807, 2.05) is 6.08 Å². The quantitative estimate of drug-likeness (QED) is 0.173. The van der Waals surface area contributed by atoms with Gasteiger partial charge in [-0.3, -0.25) is 0 Å². The molecule has 1 unspecified atom stereocenters. The monoisotopic (exact) mass is 652 g/mol. The fraction of sp³-hybridized carbons (Fsp3) is 0.459. The van der Waals surface area contributed by atoms with E-state index in [2.05, 4.69) is 81.6 Å². The number of hydrogen-bond acceptors (Lipinski definition) is 0. The molecular weight excluding hydrogens is 607 g/mol. The molecule has 0 radical (unpaired) electrons. The van der Waals surface area contributed by atoms with Crippen molar-refractivity contribution in [3.8, 4) is 11.1 Å². The van der Waals surface area contributed by atoms with Crippen LogP contribution in [0, 0.1) is 0 Å². The molecule has 0 saturated carbocycles. The molecule has 0 fully saturated rings. The van der Waals surface area contributed by atoms with Gasteiger partial charge in [-0.25, -0.2) is 0 Å². The van der Waals surface area contributed by atoms with Gasteiger partial charge in [0.05, 0.1) is 0 Å². The first-order valence-electron chi connectivity index (χ1n) is 15.0. The van der Waals surface area contributed by atoms with Gasteiger partial charge in [0.25, 0.3) is 0 Å². The van der Waals surface area contributed by atoms with Gasteiger partial charge in [-0.15, -0.1) is 13.2 Å². The maximum absolute atomic E-state index is 3.87. The van der Waals surface area contributed by atoms with Gasteiger partial charge < -0.3 is 24.8 Å². The topological polar surface area (TPSA) is 0 Å². The third-order valence-corrected chi connectivity index (χ3v) is 8.36. The molecule has 1 atom stereocenters. The van der Waals surface area contributed by atoms with E-state index in [1.165, 1.54) is 80.9 Å². The number of halogens is 2. The minimum Gasteiger partial charge on any atom is -1.00 e. The number of unbranched alkanes of at least 4 members (excludes halogenated alkanes) is 8. The minimum atomic E-state index is 0. The Morgan fingerprint density at radius 2 is 1.43 bits per heavy atom. The maximum atomic E-state index is 3.87. The molecule has 0 nitrogen and oxygen atoms in total. The zero-order valence-corrected chi connectivity index (χ0v) is 28.8. The molecule has 0 saturated heterocycles. The van der Waals surface area contributed by atoms with Gasteiger partial charge in [-0.1, -0.05) is 106 Å². The summed E-state index contributed by atoms with van der Waals surface area (Å²) >= 11 is 0. The van der Waals surface area contributed by atoms with Crippen LogP contribution >= 0.6 is 0 Å². The summed E-state index contributed by atoms with van der Waals surface area (Å²) in [7, 11) is 0. The first-order chi connectivity index (χ1) is 18.2. The van der Waals surface area contributed by atoms with Gasteiger partial charge in [0, 0.05) is 5.92 Å². The molecule has 3 heteroatoms. The van der Waals surface area contributed by atoms with E-state index in [0.717, 1.165) is 19.3 Å². The molecule has 214 valence electrons. The van der Waals surface area contributed by atoms with E-state index in [0.29, 0.717) is 11.8 Å². The number of rotatable bonds is 16. The summed E-state index contributed by atoms with van der Waals surface area (Å²) < 4.78 is 0. The standard InChI is InChI=1S/C37H48.2ClH.Zr/c1-5-7-9-11-13-15-19-29-23-25-32-33-26-24-31(20-16-14-12-10-8-6-2)35(28(3)4)37(33)36(34(32)27-29)30-21-17-18-22-30;;;/h5-6,17-18,21,23-28,36H,1-2,7-16,19-20,22H2,3-4H3;2*1H;/q;;;+2/p-2. The van der Waals surface area contributed by atoms with Crippen LogP contribution in [0.4, 0.5) is 0 Å². The fourth-order valence-electron chi connectivity index (χ4n) is 6.53. The molecule has 40 heavy (non-hydrogen) atoms. The molecular formula is C37H48Cl2Zr. The van der Waals surface area contributed by atoms with Crippen molar-refractivity contribution in [1.29, 1.82) is 0 Å². The van der Waals surface area contributed by atoms with Crippen molar-refractivity contribution in [2.45, 2.75) is 109 Å². The predicted octanol–water partition coefficient (Wildman–Crippen LogP) is 5.17. The van der Waals surface area contributed by atoms with Crippen molar-refractivity contribution in [2.75, 3.05) is 0 Å². The largest absolute Gasteiger partial charge is 2.00 e. The predicted molar refractivity (Wildman–Crippen MR) is 164 cm³/mol. The fourth-order valence-corrected chi connectivity index (χ4v) is 6.53. The van der Waals surface area contributed by atoms with Crippen molar-refractivity contribution in [3.05, 3.63) is 107 Å². The zero-order valence-electron chi connectivity index (χ0n) is 24.8. The Morgan fingerprint density at radius 1 is 0.800 bits per heavy atom. The summed E-state index contributed by atoms with van der Waals surface area (Å²) in [5, 5.41) is 0. The number of aryl methyl sites for hydroxylation is 2. The molecule has 0 aromatic heterocycles. The summed E-state index contributed by atoms with van der Waals surface area (Å²) in [6, 6.07) is 12.3. The number of benzene rings is 2. The van der Waals surface area contributed by atoms with Crippen LogP contribution in [0.3, 0.4) is 0 Å². The Labute approximate surface area is 276 Å². The van der Waals surface area contributed by atoms with E-state index in [9.17, 15) is 0 Å². The average molecular weight is 655 g/mol. The molecule has 2 aromatic carbocycles. The number of fused-ring (bicyclic) bond motifs is 3. The van der Waals surface area contributed by atoms with Crippen LogP contribution in [0.5, 0.6) is 0 Å². The Hall–Kier alpha value is -1.14. The van der Waals surface area contributed by atoms with Gasteiger partial charge in [-0.2, -0.15) is 0 Å². The third kappa shape index (κ3) is 9.18. The van der Waals surface area contributed by atoms with Gasteiger partial charge in [-0.05, 0) is 103 Å². The second-order valence-corrected chi connectivity index (χ2v) is 11.5. The first-order valence-corrected chi connectivity index (χ1v) is 15.0. The maximum Gasteiger partial charge on any atom is 2.00 e. The summed E-state index contributed by atoms with van der Waals surface area (Å²) in [6.45, 7) is 12.5. The van der Waals surface area contributed by atoms with Gasteiger partial charge in [0.1, 0.15) is 0 Å². The van der Waals surface area contributed by atoms with Crippen molar-refractivity contribution in [2.24, 2.45) is 0 Å². The number of hydrogen-bond donors (Lipinski definition) is 0. The smallest absolute Gasteiger partial charge is 1.00 e. The van der Waals surface area contributed by atoms with E-state index in [1.54, 1.807) is 27.8 Å². The second kappa shape index (κ2) is 19.1. The molecule has 0 N–H and O–H groups in total. The van der Waals surface area contributed by atoms with Crippen LogP contribution in [-0.4, -0.2) is 0 Å². The van der Waals surface area contributed by atoms with E-state index >= 15 is 0 Å². The summed E-state index contributed by atoms with van der Waals surface area (Å²) in [5.74, 6) is 0.949. The minimum absolute atomic E-state index is 0. The Balaban J connectivity index is 0.00000267. The van der Waals surface area contributed by atoms with Crippen molar-refractivity contribution < 1.29 is 51.0 Å². The second-order valence-electron chi connectivity index (χ2n) is 11.5. The molecule has 0 bridgehead atoms. The van der Waals surface area contributed by atoms with Gasteiger partial charge >= 0.3 is 26.2 Å². The number of allylic oxidation sites excluding steroid dienone is 6. The third-order valence-electron chi connectivity index (χ3n) is 8.36.